The number of alkyl halides is 2. The maximum absolute atomic E-state index is 17.0. The molecule has 3 fully saturated rings. The highest BCUT2D eigenvalue weighted by atomic mass is 32.7. The Morgan fingerprint density at radius 2 is 1.39 bits per heavy atom. The Kier molecular flexibility index (Phi) is 17.1. The SMILES string of the molecule is B[P@@]1(=O)OC[C@H]2O[C@@H](n3cnc4c(N)ccnc43)[C@H](F)[C@@H]2O[P@](=O)(SCc2ccc(COCCOCCOCCn3nnc4c3-c3ccccc3N(C(=O)CC)Cc3ccccc3-4)cc2)OC[C@H]2O[C@@H](n3cnc4c(N)ncnc43)[C@H](F)[C@@H]2O1. The number of pyridine rings is 1. The van der Waals surface area contributed by atoms with E-state index in [9.17, 15) is 9.36 Å². The summed E-state index contributed by atoms with van der Waals surface area (Å²) in [4.78, 5) is 36.1. The Bertz CT molecular complexity index is 3780. The van der Waals surface area contributed by atoms with Crippen LogP contribution < -0.4 is 16.4 Å². The van der Waals surface area contributed by atoms with Gasteiger partial charge in [0.15, 0.2) is 41.9 Å². The van der Waals surface area contributed by atoms with Crippen molar-refractivity contribution < 1.29 is 64.5 Å². The minimum absolute atomic E-state index is 0.0233. The predicted octanol–water partition coefficient (Wildman–Crippen LogP) is 6.94. The van der Waals surface area contributed by atoms with E-state index in [2.05, 4.69) is 35.2 Å². The van der Waals surface area contributed by atoms with Crippen LogP contribution in [0, 0.1) is 0 Å². The number of halogens is 2. The van der Waals surface area contributed by atoms with E-state index in [1.807, 2.05) is 89.3 Å². The molecule has 0 aliphatic carbocycles. The molecule has 440 valence electrons. The fourth-order valence-corrected chi connectivity index (χ4v) is 15.0. The number of fused-ring (bicyclic) bond motifs is 9. The van der Waals surface area contributed by atoms with Crippen LogP contribution in [-0.4, -0.2) is 146 Å². The van der Waals surface area contributed by atoms with Crippen molar-refractivity contribution in [3.63, 3.8) is 0 Å². The molecular weight excluding hydrogens is 1150 g/mol. The number of benzene rings is 3. The van der Waals surface area contributed by atoms with Gasteiger partial charge < -0.3 is 49.1 Å². The van der Waals surface area contributed by atoms with Gasteiger partial charge in [-0.25, -0.2) is 42.9 Å². The third-order valence-corrected chi connectivity index (χ3v) is 19.6. The van der Waals surface area contributed by atoms with Gasteiger partial charge in [-0.1, -0.05) is 78.9 Å². The molecule has 4 aliphatic heterocycles. The van der Waals surface area contributed by atoms with Crippen LogP contribution in [-0.2, 0) is 81.2 Å². The van der Waals surface area contributed by atoms with E-state index in [0.29, 0.717) is 69.3 Å². The van der Waals surface area contributed by atoms with Crippen LogP contribution >= 0.6 is 25.7 Å². The number of carbonyl (C=O) groups excluding carboxylic acids is 1. The van der Waals surface area contributed by atoms with Gasteiger partial charge in [-0.05, 0) is 40.2 Å². The van der Waals surface area contributed by atoms with Crippen LogP contribution in [0.15, 0.2) is 104 Å². The highest BCUT2D eigenvalue weighted by Crippen LogP contribution is 2.65. The number of amides is 1. The summed E-state index contributed by atoms with van der Waals surface area (Å²) in [7, 11) is -3.05. The first-order chi connectivity index (χ1) is 40.8. The standard InChI is InChI=1S/C53H58BF2N13O12P2S/c1-2-40(70)66-23-33-7-3-4-8-34(33)43-46(35-9-5-6-10-37(35)66)69(65-64-43)17-18-73-19-20-74-21-22-75-24-31-11-13-32(14-12-31)27-84-83(72)77-26-39-47(41(55)52(79-39)68-30-63-45-49(58)60-28-61-51(45)68)80-82(54,71)76-25-38-48(81-83)42(56)53(78-38)67-29-62-44-36(57)15-16-59-50(44)67/h3-16,28-30,38-39,41-42,47-48,52-53H,2,17-27,54H2,1H3,(H2,57,59)(H2,58,60,61)/t38-,39-,41-,42-,47-,48-,52-,53-,82-,83-/m1/s1. The van der Waals surface area contributed by atoms with Crippen LogP contribution in [0.3, 0.4) is 0 Å². The van der Waals surface area contributed by atoms with Crippen LogP contribution in [0.25, 0.3) is 44.8 Å². The number of hydrogen-bond donors (Lipinski definition) is 2. The first kappa shape index (κ1) is 57.8. The number of carbonyl (C=O) groups is 1. The van der Waals surface area contributed by atoms with E-state index >= 15 is 13.3 Å². The van der Waals surface area contributed by atoms with Gasteiger partial charge in [0.05, 0.1) is 95.7 Å². The number of para-hydroxylation sites is 1. The van der Waals surface area contributed by atoms with Crippen LogP contribution in [0.2, 0.25) is 0 Å². The molecule has 3 aromatic carbocycles. The molecule has 5 aromatic heterocycles. The summed E-state index contributed by atoms with van der Waals surface area (Å²) in [5, 5.41) is 9.14. The summed E-state index contributed by atoms with van der Waals surface area (Å²) in [6.07, 6.45) is -7.38. The number of aromatic nitrogens is 10. The van der Waals surface area contributed by atoms with Crippen molar-refractivity contribution in [2.75, 3.05) is 62.6 Å². The van der Waals surface area contributed by atoms with E-state index in [4.69, 9.17) is 53.2 Å². The monoisotopic (exact) mass is 1210 g/mol. The lowest BCUT2D eigenvalue weighted by molar-refractivity contribution is -0.118. The smallest absolute Gasteiger partial charge is 0.389 e. The third kappa shape index (κ3) is 11.9. The lowest BCUT2D eigenvalue weighted by Gasteiger charge is -2.30. The number of rotatable bonds is 17. The van der Waals surface area contributed by atoms with Crippen molar-refractivity contribution in [2.45, 2.75) is 88.0 Å². The fourth-order valence-electron chi connectivity index (χ4n) is 10.5. The summed E-state index contributed by atoms with van der Waals surface area (Å²) >= 11 is 0.769. The van der Waals surface area contributed by atoms with Crippen molar-refractivity contribution in [2.24, 2.45) is 0 Å². The summed E-state index contributed by atoms with van der Waals surface area (Å²) in [6.45, 7) is -1.05. The lowest BCUT2D eigenvalue weighted by atomic mass is 9.95. The third-order valence-electron chi connectivity index (χ3n) is 14.7. The van der Waals surface area contributed by atoms with Gasteiger partial charge in [-0.3, -0.25) is 27.5 Å². The quantitative estimate of drug-likeness (QED) is 0.0530. The minimum Gasteiger partial charge on any atom is -0.397 e. The molecule has 4 N–H and O–H groups in total. The van der Waals surface area contributed by atoms with Gasteiger partial charge in [0.2, 0.25) is 5.91 Å². The predicted molar refractivity (Wildman–Crippen MR) is 306 cm³/mol. The molecule has 3 saturated heterocycles. The van der Waals surface area contributed by atoms with Gasteiger partial charge in [-0.2, -0.15) is 0 Å². The Labute approximate surface area is 484 Å². The van der Waals surface area contributed by atoms with E-state index in [0.717, 1.165) is 58.3 Å². The highest BCUT2D eigenvalue weighted by Gasteiger charge is 2.55. The molecule has 12 rings (SSSR count). The second kappa shape index (κ2) is 24.8. The maximum Gasteiger partial charge on any atom is 0.389 e. The van der Waals surface area contributed by atoms with E-state index in [1.54, 1.807) is 6.07 Å². The van der Waals surface area contributed by atoms with Crippen molar-refractivity contribution >= 4 is 78.6 Å². The van der Waals surface area contributed by atoms with Crippen molar-refractivity contribution in [3.05, 3.63) is 121 Å². The maximum atomic E-state index is 17.0. The second-order valence-electron chi connectivity index (χ2n) is 20.2. The average molecular weight is 1210 g/mol. The Morgan fingerprint density at radius 1 is 0.750 bits per heavy atom. The molecule has 4 aliphatic rings. The first-order valence-corrected chi connectivity index (χ1v) is 32.2. The van der Waals surface area contributed by atoms with E-state index < -0.39 is 76.7 Å². The molecule has 84 heavy (non-hydrogen) atoms. The zero-order valence-electron chi connectivity index (χ0n) is 45.5. The first-order valence-electron chi connectivity index (χ1n) is 27.1. The number of nitrogen functional groups attached to an aromatic ring is 2. The number of anilines is 3. The molecular formula is C53H58BF2N13O12P2S. The second-order valence-corrected chi connectivity index (χ2v) is 26.2. The summed E-state index contributed by atoms with van der Waals surface area (Å²) in [5.41, 5.74) is 20.0. The molecule has 25 nitrogen and oxygen atoms in total. The molecule has 10 atom stereocenters. The number of hydrogen-bond acceptors (Lipinski definition) is 22. The molecule has 31 heteroatoms. The van der Waals surface area contributed by atoms with E-state index in [-0.39, 0.29) is 40.9 Å². The molecule has 8 aromatic rings. The molecule has 1 amide bonds. The van der Waals surface area contributed by atoms with Gasteiger partial charge in [0.25, 0.3) is 15.0 Å². The topological polar surface area (TPSA) is 295 Å². The fraction of sp³-hybridized carbons (Fsp3) is 0.396. The Balaban J connectivity index is 0.658. The van der Waals surface area contributed by atoms with Crippen LogP contribution in [0.1, 0.15) is 42.5 Å². The zero-order valence-corrected chi connectivity index (χ0v) is 48.1. The van der Waals surface area contributed by atoms with Gasteiger partial charge >= 0.3 is 6.80 Å². The van der Waals surface area contributed by atoms with Crippen LogP contribution in [0.5, 0.6) is 0 Å². The molecule has 0 radical (unpaired) electrons. The summed E-state index contributed by atoms with van der Waals surface area (Å²) in [6, 6.07) is 24.7. The normalized spacial score (nSPS) is 26.1. The van der Waals surface area contributed by atoms with Crippen molar-refractivity contribution in [1.29, 1.82) is 0 Å². The lowest BCUT2D eigenvalue weighted by Crippen LogP contribution is -2.37. The molecule has 0 saturated carbocycles. The minimum atomic E-state index is -4.49. The number of imidazole rings is 2. The molecule has 0 bridgehead atoms. The summed E-state index contributed by atoms with van der Waals surface area (Å²) < 4.78 is 121. The molecule has 0 unspecified atom stereocenters. The van der Waals surface area contributed by atoms with Gasteiger partial charge in [0.1, 0.15) is 47.5 Å². The Hall–Kier alpha value is -6.59. The molecule has 0 spiro atoms. The largest absolute Gasteiger partial charge is 0.397 e. The zero-order chi connectivity index (χ0) is 58.1. The average Bonchev–Trinajstić information content (AvgIpc) is 2.24. The van der Waals surface area contributed by atoms with Gasteiger partial charge in [-0.15, -0.1) is 5.10 Å². The van der Waals surface area contributed by atoms with Crippen molar-refractivity contribution in [1.82, 2.24) is 49.0 Å². The number of nitrogens with two attached hydrogens (primary N) is 2. The number of nitrogens with zero attached hydrogens (tertiary/aromatic N) is 11. The summed E-state index contributed by atoms with van der Waals surface area (Å²) in [5.74, 6) is 0.123. The number of ether oxygens (including phenoxy) is 5. The van der Waals surface area contributed by atoms with Crippen LogP contribution in [0.4, 0.5) is 26.0 Å². The highest BCUT2D eigenvalue weighted by molar-refractivity contribution is 8.54. The Morgan fingerprint density at radius 3 is 2.14 bits per heavy atom. The molecule has 9 heterocycles. The van der Waals surface area contributed by atoms with Crippen molar-refractivity contribution in [3.8, 4) is 22.5 Å². The van der Waals surface area contributed by atoms with E-state index in [1.165, 1.54) is 34.3 Å². The van der Waals surface area contributed by atoms with Gasteiger partial charge in [0, 0.05) is 29.5 Å².